The van der Waals surface area contributed by atoms with Gasteiger partial charge in [0.25, 0.3) is 0 Å². The first-order valence-electron chi connectivity index (χ1n) is 9.19. The summed E-state index contributed by atoms with van der Waals surface area (Å²) in [6.45, 7) is 3.61. The maximum atomic E-state index is 12.7. The first-order valence-corrected chi connectivity index (χ1v) is 9.19. The number of carbonyl (C=O) groups excluding carboxylic acids is 1. The molecule has 0 aliphatic heterocycles. The third-order valence-electron chi connectivity index (χ3n) is 4.69. The Kier molecular flexibility index (Phi) is 4.99. The molecule has 0 amide bonds. The van der Waals surface area contributed by atoms with Crippen LogP contribution in [-0.2, 0) is 11.3 Å². The van der Waals surface area contributed by atoms with Crippen molar-refractivity contribution in [2.45, 2.75) is 20.5 Å². The number of ether oxygens (including phenoxy) is 2. The molecular weight excluding hydrogens is 368 g/mol. The van der Waals surface area contributed by atoms with E-state index in [1.54, 1.807) is 27.0 Å². The zero-order valence-corrected chi connectivity index (χ0v) is 16.4. The number of rotatable bonds is 5. The van der Waals surface area contributed by atoms with Gasteiger partial charge in [-0.05, 0) is 50.2 Å². The largest absolute Gasteiger partial charge is 0.497 e. The number of carbonyl (C=O) groups is 1. The molecule has 0 saturated carbocycles. The number of hydrogen-bond acceptors (Lipinski definition) is 6. The number of hydrogen-bond donors (Lipinski definition) is 0. The summed E-state index contributed by atoms with van der Waals surface area (Å²) in [6.07, 6.45) is 0. The van der Waals surface area contributed by atoms with Crippen molar-refractivity contribution >= 4 is 16.9 Å². The second kappa shape index (κ2) is 7.75. The molecule has 0 atom stereocenters. The predicted octanol–water partition coefficient (Wildman–Crippen LogP) is 4.87. The van der Waals surface area contributed by atoms with E-state index >= 15 is 0 Å². The van der Waals surface area contributed by atoms with Crippen molar-refractivity contribution in [2.24, 2.45) is 0 Å². The van der Waals surface area contributed by atoms with Crippen molar-refractivity contribution in [3.05, 3.63) is 77.3 Å². The van der Waals surface area contributed by atoms with Gasteiger partial charge in [0.05, 0.1) is 23.9 Å². The number of aromatic nitrogens is 2. The van der Waals surface area contributed by atoms with Crippen molar-refractivity contribution in [2.75, 3.05) is 7.11 Å². The molecule has 146 valence electrons. The van der Waals surface area contributed by atoms with Crippen molar-refractivity contribution in [1.29, 1.82) is 0 Å². The Balaban J connectivity index is 1.54. The standard InChI is InChI=1S/C23H20N2O4/c1-14-19(12-17-11-18(27-3)9-10-20(17)24-14)23(26)28-13-21-15(2)29-22(25-21)16-7-5-4-6-8-16/h4-12H,13H2,1-3H3. The molecule has 0 fully saturated rings. The molecular formula is C23H20N2O4. The van der Waals surface area contributed by atoms with Gasteiger partial charge in [-0.15, -0.1) is 0 Å². The van der Waals surface area contributed by atoms with Crippen LogP contribution in [0.25, 0.3) is 22.4 Å². The van der Waals surface area contributed by atoms with Gasteiger partial charge in [0.2, 0.25) is 5.89 Å². The van der Waals surface area contributed by atoms with E-state index in [0.717, 1.165) is 16.5 Å². The molecule has 0 spiro atoms. The molecule has 2 heterocycles. The molecule has 0 radical (unpaired) electrons. The number of methoxy groups -OCH3 is 1. The molecule has 0 aliphatic rings. The van der Waals surface area contributed by atoms with Crippen LogP contribution < -0.4 is 4.74 Å². The lowest BCUT2D eigenvalue weighted by atomic mass is 10.1. The highest BCUT2D eigenvalue weighted by Crippen LogP contribution is 2.24. The third kappa shape index (κ3) is 3.82. The normalized spacial score (nSPS) is 10.9. The van der Waals surface area contributed by atoms with Crippen LogP contribution in [0.4, 0.5) is 0 Å². The number of fused-ring (bicyclic) bond motifs is 1. The lowest BCUT2D eigenvalue weighted by molar-refractivity contribution is 0.0465. The first kappa shape index (κ1) is 18.7. The van der Waals surface area contributed by atoms with Gasteiger partial charge in [0.15, 0.2) is 0 Å². The van der Waals surface area contributed by atoms with Crippen molar-refractivity contribution in [1.82, 2.24) is 9.97 Å². The minimum atomic E-state index is -0.455. The zero-order valence-electron chi connectivity index (χ0n) is 16.4. The van der Waals surface area contributed by atoms with Crippen LogP contribution in [0.5, 0.6) is 5.75 Å². The molecule has 0 saturated heterocycles. The maximum Gasteiger partial charge on any atom is 0.340 e. The average molecular weight is 388 g/mol. The minimum Gasteiger partial charge on any atom is -0.497 e. The summed E-state index contributed by atoms with van der Waals surface area (Å²) in [7, 11) is 1.60. The summed E-state index contributed by atoms with van der Waals surface area (Å²) in [4.78, 5) is 21.6. The van der Waals surface area contributed by atoms with E-state index in [4.69, 9.17) is 13.9 Å². The van der Waals surface area contributed by atoms with Gasteiger partial charge in [-0.1, -0.05) is 18.2 Å². The second-order valence-electron chi connectivity index (χ2n) is 6.64. The van der Waals surface area contributed by atoms with Gasteiger partial charge in [0.1, 0.15) is 23.8 Å². The van der Waals surface area contributed by atoms with Crippen LogP contribution in [-0.4, -0.2) is 23.0 Å². The van der Waals surface area contributed by atoms with Crippen molar-refractivity contribution in [3.8, 4) is 17.2 Å². The van der Waals surface area contributed by atoms with Crippen LogP contribution in [0, 0.1) is 13.8 Å². The topological polar surface area (TPSA) is 74.5 Å². The molecule has 0 bridgehead atoms. The fraction of sp³-hybridized carbons (Fsp3) is 0.174. The molecule has 2 aromatic carbocycles. The Bertz CT molecular complexity index is 1180. The smallest absolute Gasteiger partial charge is 0.340 e. The van der Waals surface area contributed by atoms with Gasteiger partial charge in [0, 0.05) is 10.9 Å². The molecule has 4 rings (SSSR count). The van der Waals surface area contributed by atoms with E-state index in [1.807, 2.05) is 48.5 Å². The molecule has 0 aliphatic carbocycles. The highest BCUT2D eigenvalue weighted by atomic mass is 16.5. The number of oxazole rings is 1. The van der Waals surface area contributed by atoms with E-state index < -0.39 is 5.97 Å². The quantitative estimate of drug-likeness (QED) is 0.454. The summed E-state index contributed by atoms with van der Waals surface area (Å²) < 4.78 is 16.5. The molecule has 0 unspecified atom stereocenters. The van der Waals surface area contributed by atoms with Gasteiger partial charge in [-0.3, -0.25) is 4.98 Å². The lowest BCUT2D eigenvalue weighted by Crippen LogP contribution is -2.09. The average Bonchev–Trinajstić information content (AvgIpc) is 3.12. The van der Waals surface area contributed by atoms with Crippen molar-refractivity contribution in [3.63, 3.8) is 0 Å². The molecule has 6 nitrogen and oxygen atoms in total. The summed E-state index contributed by atoms with van der Waals surface area (Å²) in [5.41, 5.74) is 3.27. The highest BCUT2D eigenvalue weighted by Gasteiger charge is 2.17. The first-order chi connectivity index (χ1) is 14.0. The number of nitrogens with zero attached hydrogens (tertiary/aromatic N) is 2. The second-order valence-corrected chi connectivity index (χ2v) is 6.64. The van der Waals surface area contributed by atoms with Crippen LogP contribution in [0.3, 0.4) is 0 Å². The van der Waals surface area contributed by atoms with E-state index in [1.165, 1.54) is 0 Å². The number of aryl methyl sites for hydroxylation is 2. The number of benzene rings is 2. The Morgan fingerprint density at radius 3 is 2.59 bits per heavy atom. The SMILES string of the molecule is COc1ccc2nc(C)c(C(=O)OCc3nc(-c4ccccc4)oc3C)cc2c1. The van der Waals surface area contributed by atoms with Crippen LogP contribution in [0.2, 0.25) is 0 Å². The maximum absolute atomic E-state index is 12.7. The Labute approximate surface area is 168 Å². The number of pyridine rings is 1. The predicted molar refractivity (Wildman–Crippen MR) is 109 cm³/mol. The summed E-state index contributed by atoms with van der Waals surface area (Å²) in [6, 6.07) is 16.9. The lowest BCUT2D eigenvalue weighted by Gasteiger charge is -2.08. The molecule has 29 heavy (non-hydrogen) atoms. The molecule has 4 aromatic rings. The van der Waals surface area contributed by atoms with Gasteiger partial charge in [-0.2, -0.15) is 0 Å². The Morgan fingerprint density at radius 1 is 1.03 bits per heavy atom. The molecule has 2 aromatic heterocycles. The molecule has 6 heteroatoms. The van der Waals surface area contributed by atoms with Crippen LogP contribution >= 0.6 is 0 Å². The van der Waals surface area contributed by atoms with E-state index in [2.05, 4.69) is 9.97 Å². The van der Waals surface area contributed by atoms with E-state index in [0.29, 0.717) is 34.4 Å². The summed E-state index contributed by atoms with van der Waals surface area (Å²) in [5, 5.41) is 0.811. The number of esters is 1. The van der Waals surface area contributed by atoms with Gasteiger partial charge >= 0.3 is 5.97 Å². The monoisotopic (exact) mass is 388 g/mol. The Hall–Kier alpha value is -3.67. The Morgan fingerprint density at radius 2 is 1.83 bits per heavy atom. The fourth-order valence-electron chi connectivity index (χ4n) is 3.06. The highest BCUT2D eigenvalue weighted by molar-refractivity contribution is 5.95. The van der Waals surface area contributed by atoms with Crippen molar-refractivity contribution < 1.29 is 18.7 Å². The van der Waals surface area contributed by atoms with Crippen LogP contribution in [0.1, 0.15) is 27.5 Å². The molecule has 0 N–H and O–H groups in total. The van der Waals surface area contributed by atoms with Crippen LogP contribution in [0.15, 0.2) is 59.0 Å². The van der Waals surface area contributed by atoms with E-state index in [9.17, 15) is 4.79 Å². The summed E-state index contributed by atoms with van der Waals surface area (Å²) >= 11 is 0. The minimum absolute atomic E-state index is 0.0244. The van der Waals surface area contributed by atoms with Gasteiger partial charge < -0.3 is 13.9 Å². The van der Waals surface area contributed by atoms with E-state index in [-0.39, 0.29) is 6.61 Å². The van der Waals surface area contributed by atoms with Gasteiger partial charge in [-0.25, -0.2) is 9.78 Å². The third-order valence-corrected chi connectivity index (χ3v) is 4.69. The zero-order chi connectivity index (χ0) is 20.4. The summed E-state index contributed by atoms with van der Waals surface area (Å²) in [5.74, 6) is 1.37. The fourth-order valence-corrected chi connectivity index (χ4v) is 3.06.